The molecule has 21 heavy (non-hydrogen) atoms. The Morgan fingerprint density at radius 1 is 1.19 bits per heavy atom. The van der Waals surface area contributed by atoms with Crippen molar-refractivity contribution < 1.29 is 9.21 Å². The summed E-state index contributed by atoms with van der Waals surface area (Å²) in [4.78, 5) is 14.4. The molecule has 3 rings (SSSR count). The van der Waals surface area contributed by atoms with Crippen LogP contribution in [0.25, 0.3) is 11.5 Å². The maximum Gasteiger partial charge on any atom is 0.265 e. The van der Waals surface area contributed by atoms with Crippen LogP contribution in [0.15, 0.2) is 35.1 Å². The molecule has 0 bridgehead atoms. The standard InChI is InChI=1S/C14H17N5O2/c1-18-6-8-19(9-7-18)17-13(20)11-2-4-12(5-3-11)14-16-15-10-21-14/h2-5,10H,6-9H2,1H3,(H,17,20). The Balaban J connectivity index is 1.62. The van der Waals surface area contributed by atoms with Crippen LogP contribution in [0.3, 0.4) is 0 Å². The molecule has 2 heterocycles. The van der Waals surface area contributed by atoms with Gasteiger partial charge in [0.05, 0.1) is 0 Å². The highest BCUT2D eigenvalue weighted by atomic mass is 16.4. The minimum Gasteiger partial charge on any atom is -0.423 e. The Bertz CT molecular complexity index is 588. The first kappa shape index (κ1) is 13.7. The van der Waals surface area contributed by atoms with E-state index >= 15 is 0 Å². The summed E-state index contributed by atoms with van der Waals surface area (Å²) < 4.78 is 5.12. The molecular weight excluding hydrogens is 270 g/mol. The van der Waals surface area contributed by atoms with Crippen LogP contribution in [-0.4, -0.2) is 59.2 Å². The fourth-order valence-corrected chi connectivity index (χ4v) is 2.19. The first-order valence-corrected chi connectivity index (χ1v) is 6.83. The number of benzene rings is 1. The Kier molecular flexibility index (Phi) is 3.94. The molecule has 2 aromatic rings. The number of carbonyl (C=O) groups is 1. The lowest BCUT2D eigenvalue weighted by Crippen LogP contribution is -2.52. The molecule has 1 N–H and O–H groups in total. The molecule has 0 radical (unpaired) electrons. The zero-order valence-electron chi connectivity index (χ0n) is 11.8. The van der Waals surface area contributed by atoms with Crippen molar-refractivity contribution in [2.75, 3.05) is 33.2 Å². The zero-order valence-corrected chi connectivity index (χ0v) is 11.8. The second-order valence-electron chi connectivity index (χ2n) is 5.05. The van der Waals surface area contributed by atoms with E-state index in [1.54, 1.807) is 24.3 Å². The van der Waals surface area contributed by atoms with Gasteiger partial charge in [0.25, 0.3) is 5.91 Å². The molecule has 1 saturated heterocycles. The van der Waals surface area contributed by atoms with Gasteiger partial charge in [-0.3, -0.25) is 10.2 Å². The Hall–Kier alpha value is -2.25. The molecule has 7 heteroatoms. The average Bonchev–Trinajstić information content (AvgIpc) is 3.04. The largest absolute Gasteiger partial charge is 0.423 e. The predicted octanol–water partition coefficient (Wildman–Crippen LogP) is 0.629. The minimum atomic E-state index is -0.100. The molecule has 0 aliphatic carbocycles. The van der Waals surface area contributed by atoms with E-state index in [1.807, 2.05) is 5.01 Å². The number of hydrogen-bond acceptors (Lipinski definition) is 6. The van der Waals surface area contributed by atoms with Crippen molar-refractivity contribution in [2.24, 2.45) is 0 Å². The van der Waals surface area contributed by atoms with E-state index in [4.69, 9.17) is 4.42 Å². The lowest BCUT2D eigenvalue weighted by molar-refractivity contribution is 0.0662. The fourth-order valence-electron chi connectivity index (χ4n) is 2.19. The quantitative estimate of drug-likeness (QED) is 0.892. The second kappa shape index (κ2) is 6.02. The minimum absolute atomic E-state index is 0.100. The highest BCUT2D eigenvalue weighted by Crippen LogP contribution is 2.16. The number of nitrogens with one attached hydrogen (secondary N) is 1. The van der Waals surface area contributed by atoms with E-state index in [9.17, 15) is 4.79 Å². The van der Waals surface area contributed by atoms with Gasteiger partial charge in [0, 0.05) is 37.3 Å². The van der Waals surface area contributed by atoms with Gasteiger partial charge in [0.2, 0.25) is 12.3 Å². The van der Waals surface area contributed by atoms with Crippen LogP contribution in [0.5, 0.6) is 0 Å². The van der Waals surface area contributed by atoms with Crippen molar-refractivity contribution in [3.8, 4) is 11.5 Å². The SMILES string of the molecule is CN1CCN(NC(=O)c2ccc(-c3nnco3)cc2)CC1. The molecule has 0 unspecified atom stereocenters. The van der Waals surface area contributed by atoms with Gasteiger partial charge in [0.15, 0.2) is 0 Å². The van der Waals surface area contributed by atoms with Crippen molar-refractivity contribution in [3.63, 3.8) is 0 Å². The number of piperazine rings is 1. The predicted molar refractivity (Wildman–Crippen MR) is 76.3 cm³/mol. The molecule has 1 amide bonds. The average molecular weight is 287 g/mol. The van der Waals surface area contributed by atoms with Crippen molar-refractivity contribution in [3.05, 3.63) is 36.2 Å². The van der Waals surface area contributed by atoms with Gasteiger partial charge in [-0.15, -0.1) is 10.2 Å². The summed E-state index contributed by atoms with van der Waals surface area (Å²) in [7, 11) is 2.08. The molecule has 1 aliphatic heterocycles. The summed E-state index contributed by atoms with van der Waals surface area (Å²) in [6, 6.07) is 7.11. The van der Waals surface area contributed by atoms with E-state index in [0.29, 0.717) is 11.5 Å². The number of likely N-dealkylation sites (N-methyl/N-ethyl adjacent to an activating group) is 1. The third-order valence-electron chi connectivity index (χ3n) is 3.52. The Morgan fingerprint density at radius 3 is 2.52 bits per heavy atom. The highest BCUT2D eigenvalue weighted by Gasteiger charge is 2.16. The van der Waals surface area contributed by atoms with Gasteiger partial charge in [-0.05, 0) is 31.3 Å². The first-order valence-electron chi connectivity index (χ1n) is 6.83. The van der Waals surface area contributed by atoms with Gasteiger partial charge >= 0.3 is 0 Å². The van der Waals surface area contributed by atoms with Gasteiger partial charge in [-0.1, -0.05) is 0 Å². The summed E-state index contributed by atoms with van der Waals surface area (Å²) in [5.74, 6) is 0.345. The van der Waals surface area contributed by atoms with Crippen molar-refractivity contribution in [2.45, 2.75) is 0 Å². The first-order chi connectivity index (χ1) is 10.2. The highest BCUT2D eigenvalue weighted by molar-refractivity contribution is 5.94. The molecule has 1 aliphatic rings. The molecular formula is C14H17N5O2. The van der Waals surface area contributed by atoms with Crippen LogP contribution >= 0.6 is 0 Å². The van der Waals surface area contributed by atoms with E-state index in [1.165, 1.54) is 6.39 Å². The molecule has 0 atom stereocenters. The number of hydrazine groups is 1. The number of carbonyl (C=O) groups excluding carboxylic acids is 1. The summed E-state index contributed by atoms with van der Waals surface area (Å²) in [5, 5.41) is 9.42. The van der Waals surface area contributed by atoms with Gasteiger partial charge in [0.1, 0.15) is 0 Å². The number of amides is 1. The van der Waals surface area contributed by atoms with E-state index in [2.05, 4.69) is 27.6 Å². The third-order valence-corrected chi connectivity index (χ3v) is 3.52. The van der Waals surface area contributed by atoms with Crippen LogP contribution in [0.1, 0.15) is 10.4 Å². The molecule has 110 valence electrons. The summed E-state index contributed by atoms with van der Waals surface area (Å²) >= 11 is 0. The van der Waals surface area contributed by atoms with E-state index in [0.717, 1.165) is 31.7 Å². The molecule has 1 aromatic carbocycles. The Morgan fingerprint density at radius 2 is 1.90 bits per heavy atom. The summed E-state index contributed by atoms with van der Waals surface area (Å²) in [5.41, 5.74) is 4.33. The molecule has 1 fully saturated rings. The second-order valence-corrected chi connectivity index (χ2v) is 5.05. The summed E-state index contributed by atoms with van der Waals surface area (Å²) in [6.07, 6.45) is 1.28. The molecule has 1 aromatic heterocycles. The fraction of sp³-hybridized carbons (Fsp3) is 0.357. The lowest BCUT2D eigenvalue weighted by atomic mass is 10.1. The van der Waals surface area contributed by atoms with Crippen LogP contribution in [0, 0.1) is 0 Å². The zero-order chi connectivity index (χ0) is 14.7. The topological polar surface area (TPSA) is 74.5 Å². The monoisotopic (exact) mass is 287 g/mol. The van der Waals surface area contributed by atoms with Crippen molar-refractivity contribution in [1.82, 2.24) is 25.5 Å². The van der Waals surface area contributed by atoms with E-state index in [-0.39, 0.29) is 5.91 Å². The van der Waals surface area contributed by atoms with Gasteiger partial charge < -0.3 is 9.32 Å². The van der Waals surface area contributed by atoms with E-state index < -0.39 is 0 Å². The van der Waals surface area contributed by atoms with Crippen molar-refractivity contribution >= 4 is 5.91 Å². The van der Waals surface area contributed by atoms with Crippen molar-refractivity contribution in [1.29, 1.82) is 0 Å². The Labute approximate surface area is 122 Å². The van der Waals surface area contributed by atoms with Gasteiger partial charge in [-0.2, -0.15) is 0 Å². The van der Waals surface area contributed by atoms with Crippen LogP contribution in [0.2, 0.25) is 0 Å². The summed E-state index contributed by atoms with van der Waals surface area (Å²) in [6.45, 7) is 3.58. The number of nitrogens with zero attached hydrogens (tertiary/aromatic N) is 4. The number of rotatable bonds is 3. The van der Waals surface area contributed by atoms with Crippen LogP contribution < -0.4 is 5.43 Å². The maximum atomic E-state index is 12.2. The smallest absolute Gasteiger partial charge is 0.265 e. The number of hydrogen-bond donors (Lipinski definition) is 1. The third kappa shape index (κ3) is 3.26. The number of aromatic nitrogens is 2. The normalized spacial score (nSPS) is 16.8. The van der Waals surface area contributed by atoms with Crippen LogP contribution in [-0.2, 0) is 0 Å². The molecule has 0 saturated carbocycles. The maximum absolute atomic E-state index is 12.2. The molecule has 0 spiro atoms. The van der Waals surface area contributed by atoms with Gasteiger partial charge in [-0.25, -0.2) is 5.01 Å². The lowest BCUT2D eigenvalue weighted by Gasteiger charge is -2.32. The van der Waals surface area contributed by atoms with Crippen LogP contribution in [0.4, 0.5) is 0 Å². The molecule has 7 nitrogen and oxygen atoms in total.